The van der Waals surface area contributed by atoms with Gasteiger partial charge in [0.15, 0.2) is 0 Å². The Morgan fingerprint density at radius 2 is 0.478 bits per heavy atom. The number of ether oxygens (including phenoxy) is 2. The summed E-state index contributed by atoms with van der Waals surface area (Å²) in [6, 6.07) is 21.9. The Kier molecular flexibility index (Phi) is 20.1. The third-order valence-electron chi connectivity index (χ3n) is 18.2. The summed E-state index contributed by atoms with van der Waals surface area (Å²) < 4.78 is 11.4. The van der Waals surface area contributed by atoms with Crippen LogP contribution in [-0.4, -0.2) is 90.2 Å². The maximum Gasteiger partial charge on any atom is 0.323 e. The molecule has 0 spiro atoms. The lowest BCUT2D eigenvalue weighted by atomic mass is 9.80. The van der Waals surface area contributed by atoms with Gasteiger partial charge >= 0.3 is 11.9 Å². The lowest BCUT2D eigenvalue weighted by Gasteiger charge is -2.33. The SMILES string of the molecule is COC(=O)[C@@H]1CSSC[C@@H](C(=O)OC)N2Cc3cc(C(C)(C)C)cc(c3O)Cc3cc(C(C)(C)C)cc(c3O)Cc3cc(C(C)(C)C)cc(c3O)CN1Cc1cc(C(C)(C)C)cc(c1O)Cc1cc(C(C)(C)C)cc(c1O)Cc1cc(C(C)(C)C)cc(c1O)C2. The van der Waals surface area contributed by atoms with Crippen LogP contribution in [0.4, 0.5) is 0 Å². The van der Waals surface area contributed by atoms with Gasteiger partial charge in [-0.15, -0.1) is 0 Å². The summed E-state index contributed by atoms with van der Waals surface area (Å²) in [5, 5.41) is 77.3. The first kappa shape index (κ1) is 69.6. The first-order valence-electron chi connectivity index (χ1n) is 31.6. The van der Waals surface area contributed by atoms with E-state index in [4.69, 9.17) is 9.47 Å². The van der Waals surface area contributed by atoms with Crippen LogP contribution in [0.25, 0.3) is 0 Å². The lowest BCUT2D eigenvalue weighted by Crippen LogP contribution is -2.44. The van der Waals surface area contributed by atoms with Crippen LogP contribution in [0.3, 0.4) is 0 Å². The quantitative estimate of drug-likeness (QED) is 0.0712. The number of methoxy groups -OCH3 is 2. The first-order valence-corrected chi connectivity index (χ1v) is 34.1. The van der Waals surface area contributed by atoms with Crippen LogP contribution >= 0.6 is 21.6 Å². The van der Waals surface area contributed by atoms with E-state index in [1.165, 1.54) is 35.8 Å². The van der Waals surface area contributed by atoms with Crippen molar-refractivity contribution in [1.29, 1.82) is 0 Å². The molecule has 0 amide bonds. The van der Waals surface area contributed by atoms with E-state index in [1.54, 1.807) is 0 Å². The van der Waals surface area contributed by atoms with Crippen LogP contribution in [0.2, 0.25) is 0 Å². The number of benzene rings is 6. The monoisotopic (exact) mass is 1260 g/mol. The van der Waals surface area contributed by atoms with Gasteiger partial charge in [-0.3, -0.25) is 19.4 Å². The van der Waals surface area contributed by atoms with Crippen molar-refractivity contribution in [1.82, 2.24) is 9.80 Å². The summed E-state index contributed by atoms with van der Waals surface area (Å²) >= 11 is 0. The van der Waals surface area contributed by atoms with Crippen molar-refractivity contribution in [2.75, 3.05) is 25.7 Å². The molecule has 0 aromatic heterocycles. The van der Waals surface area contributed by atoms with E-state index in [0.29, 0.717) is 66.8 Å². The number of fused-ring (bicyclic) bond motifs is 19. The van der Waals surface area contributed by atoms with Gasteiger partial charge in [0.2, 0.25) is 0 Å². The van der Waals surface area contributed by atoms with Gasteiger partial charge in [-0.25, -0.2) is 0 Å². The predicted octanol–water partition coefficient (Wildman–Crippen LogP) is 15.9. The predicted molar refractivity (Wildman–Crippen MR) is 367 cm³/mol. The minimum atomic E-state index is -0.998. The number of carbonyl (C=O) groups excluding carboxylic acids is 2. The number of esters is 2. The molecular weight excluding hydrogens is 1160 g/mol. The van der Waals surface area contributed by atoms with Crippen LogP contribution in [0, 0.1) is 0 Å². The molecule has 6 aromatic rings. The van der Waals surface area contributed by atoms with Crippen LogP contribution in [0.1, 0.15) is 225 Å². The van der Waals surface area contributed by atoms with E-state index in [2.05, 4.69) is 125 Å². The molecule has 486 valence electrons. The molecule has 0 fully saturated rings. The maximum atomic E-state index is 14.8. The molecule has 6 aromatic carbocycles. The average Bonchev–Trinajstić information content (AvgIpc) is 0.928. The van der Waals surface area contributed by atoms with Gasteiger partial charge in [0.25, 0.3) is 0 Å². The Hall–Kier alpha value is -6.32. The molecule has 0 aliphatic carbocycles. The van der Waals surface area contributed by atoms with Crippen molar-refractivity contribution in [3.8, 4) is 34.5 Å². The normalized spacial score (nSPS) is 18.5. The van der Waals surface area contributed by atoms with Gasteiger partial charge in [0, 0.05) is 85.6 Å². The van der Waals surface area contributed by atoms with Crippen molar-refractivity contribution in [3.63, 3.8) is 0 Å². The van der Waals surface area contributed by atoms with E-state index in [-0.39, 0.29) is 97.9 Å². The molecule has 0 saturated carbocycles. The van der Waals surface area contributed by atoms with Gasteiger partial charge < -0.3 is 40.1 Å². The largest absolute Gasteiger partial charge is 0.507 e. The van der Waals surface area contributed by atoms with Crippen molar-refractivity contribution < 1.29 is 49.7 Å². The van der Waals surface area contributed by atoms with Crippen LogP contribution in [0.15, 0.2) is 72.8 Å². The zero-order chi connectivity index (χ0) is 66.7. The molecule has 90 heavy (non-hydrogen) atoms. The molecule has 0 unspecified atom stereocenters. The summed E-state index contributed by atoms with van der Waals surface area (Å²) in [5.41, 5.74) is 9.75. The summed E-state index contributed by atoms with van der Waals surface area (Å²) in [5.74, 6) is -0.792. The number of aromatic hydroxyl groups is 6. The van der Waals surface area contributed by atoms with Crippen LogP contribution < -0.4 is 0 Å². The minimum absolute atomic E-state index is 0.00516. The average molecular weight is 1270 g/mol. The van der Waals surface area contributed by atoms with E-state index in [1.807, 2.05) is 82.6 Å². The van der Waals surface area contributed by atoms with E-state index in [0.717, 1.165) is 33.4 Å². The molecular formula is C76H100N2O10S2. The molecule has 8 rings (SSSR count). The van der Waals surface area contributed by atoms with Crippen LogP contribution in [0.5, 0.6) is 34.5 Å². The highest BCUT2D eigenvalue weighted by molar-refractivity contribution is 8.76. The number of rotatable bonds is 2. The van der Waals surface area contributed by atoms with Crippen molar-refractivity contribution in [2.45, 2.75) is 221 Å². The molecule has 2 aliphatic heterocycles. The topological polar surface area (TPSA) is 180 Å². The van der Waals surface area contributed by atoms with Crippen molar-refractivity contribution in [3.05, 3.63) is 173 Å². The molecule has 0 radical (unpaired) electrons. The van der Waals surface area contributed by atoms with Gasteiger partial charge in [-0.1, -0.05) is 219 Å². The number of hydrogen-bond donors (Lipinski definition) is 6. The third kappa shape index (κ3) is 15.6. The molecule has 6 N–H and O–H groups in total. The third-order valence-corrected chi connectivity index (χ3v) is 20.6. The summed E-state index contributed by atoms with van der Waals surface area (Å²) in [6.45, 7) is 38.1. The highest BCUT2D eigenvalue weighted by Crippen LogP contribution is 2.45. The number of hydrogen-bond acceptors (Lipinski definition) is 14. The molecule has 2 atom stereocenters. The minimum Gasteiger partial charge on any atom is -0.507 e. The molecule has 2 heterocycles. The smallest absolute Gasteiger partial charge is 0.323 e. The summed E-state index contributed by atoms with van der Waals surface area (Å²) in [7, 11) is 5.47. The zero-order valence-corrected chi connectivity index (χ0v) is 58.8. The number of phenols is 6. The van der Waals surface area contributed by atoms with Gasteiger partial charge in [0.1, 0.15) is 46.6 Å². The standard InChI is InChI=1S/C76H100N2O10S2/c1-71(2,3)55-25-43-21-47-29-57(73(7,8)9)33-51(65(47)81)37-77-39-53-35-59(75(13,14)15)31-49(67(53)83)23-45-27-56(72(4,5)6)28-46(64(45)80)24-50-32-60(76(16,17)18)36-54(68(50)84)40-78(62(70(86)88-20)42-90-89-41-61(77)69(85)87-19)38-52-34-58(74(10,11)12)30-48(66(52)82)22-44(26-55)63(43)79/h25-36,61-62,79-84H,21-24,37-42H2,1-20H3/t61-,62-/m0/s1. The molecule has 14 heteroatoms. The molecule has 12 nitrogen and oxygen atoms in total. The van der Waals surface area contributed by atoms with Gasteiger partial charge in [-0.05, 0) is 110 Å². The van der Waals surface area contributed by atoms with Gasteiger partial charge in [0.05, 0.1) is 14.2 Å². The van der Waals surface area contributed by atoms with Crippen molar-refractivity contribution >= 4 is 33.5 Å². The van der Waals surface area contributed by atoms with E-state index < -0.39 is 56.5 Å². The number of phenolic OH excluding ortho intramolecular Hbond substituents is 6. The maximum absolute atomic E-state index is 14.8. The fourth-order valence-electron chi connectivity index (χ4n) is 12.1. The Bertz CT molecular complexity index is 3260. The Balaban J connectivity index is 1.52. The second kappa shape index (κ2) is 26.0. The molecule has 0 saturated heterocycles. The van der Waals surface area contributed by atoms with Crippen molar-refractivity contribution in [2.24, 2.45) is 0 Å². The Labute approximate surface area is 544 Å². The number of carbonyl (C=O) groups is 2. The molecule has 2 aliphatic rings. The fourth-order valence-corrected chi connectivity index (χ4v) is 14.6. The summed E-state index contributed by atoms with van der Waals surface area (Å²) in [6.07, 6.45) is 0.537. The van der Waals surface area contributed by atoms with E-state index >= 15 is 0 Å². The highest BCUT2D eigenvalue weighted by atomic mass is 33.1. The second-order valence-electron chi connectivity index (χ2n) is 31.5. The zero-order valence-electron chi connectivity index (χ0n) is 57.2. The Morgan fingerprint density at radius 3 is 0.633 bits per heavy atom. The first-order chi connectivity index (χ1) is 41.6. The van der Waals surface area contributed by atoms with Crippen LogP contribution in [-0.2, 0) is 103 Å². The highest BCUT2D eigenvalue weighted by Gasteiger charge is 2.36. The Morgan fingerprint density at radius 1 is 0.322 bits per heavy atom. The van der Waals surface area contributed by atoms with Gasteiger partial charge in [-0.2, -0.15) is 0 Å². The molecule has 14 bridgehead atoms. The second-order valence-corrected chi connectivity index (χ2v) is 34.1. The lowest BCUT2D eigenvalue weighted by molar-refractivity contribution is -0.147. The van der Waals surface area contributed by atoms with E-state index in [9.17, 15) is 40.2 Å². The fraction of sp³-hybridized carbons (Fsp3) is 0.500. The summed E-state index contributed by atoms with van der Waals surface area (Å²) in [4.78, 5) is 33.5. The number of nitrogens with zero attached hydrogens (tertiary/aromatic N) is 2.